The number of carbonyl (C=O) groups excluding carboxylic acids is 1. The molecule has 0 saturated carbocycles. The van der Waals surface area contributed by atoms with Crippen molar-refractivity contribution in [2.75, 3.05) is 13.2 Å². The fourth-order valence-corrected chi connectivity index (χ4v) is 8.58. The second-order valence-electron chi connectivity index (χ2n) is 11.6. The molecule has 1 aliphatic rings. The minimum atomic E-state index is -4.29. The number of carbonyl (C=O) groups is 1. The Hall–Kier alpha value is -6.12. The summed E-state index contributed by atoms with van der Waals surface area (Å²) in [7, 11) is -4.29. The Balaban J connectivity index is 1.46. The predicted molar refractivity (Wildman–Crippen MR) is 196 cm³/mol. The SMILES string of the molecule is CCOC(=O)C1=C(c2ccccc2)N=c2s/c(=C\c3cn(S(=O)(=O)c4cccc([N+](=O)[O-])c4)c4ccccc34)c(=O)n2[C@H]1c1ccc(OCC)cc1. The summed E-state index contributed by atoms with van der Waals surface area (Å²) in [5.41, 5.74) is 1.77. The topological polar surface area (TPSA) is 152 Å². The van der Waals surface area contributed by atoms with Gasteiger partial charge in [-0.25, -0.2) is 22.2 Å². The molecule has 262 valence electrons. The Bertz CT molecular complexity index is 2690. The Kier molecular flexibility index (Phi) is 9.17. The highest BCUT2D eigenvalue weighted by Crippen LogP contribution is 2.36. The first-order chi connectivity index (χ1) is 25.1. The van der Waals surface area contributed by atoms with Crippen LogP contribution in [0.4, 0.5) is 5.69 Å². The maximum absolute atomic E-state index is 14.5. The summed E-state index contributed by atoms with van der Waals surface area (Å²) >= 11 is 1.10. The Morgan fingerprint density at radius 1 is 0.962 bits per heavy atom. The zero-order valence-electron chi connectivity index (χ0n) is 27.8. The minimum absolute atomic E-state index is 0.105. The summed E-state index contributed by atoms with van der Waals surface area (Å²) in [5, 5.41) is 12.0. The van der Waals surface area contributed by atoms with Gasteiger partial charge in [0, 0.05) is 34.8 Å². The van der Waals surface area contributed by atoms with E-state index in [0.717, 1.165) is 21.4 Å². The van der Waals surface area contributed by atoms with E-state index in [9.17, 15) is 28.1 Å². The van der Waals surface area contributed by atoms with Crippen LogP contribution in [-0.2, 0) is 19.6 Å². The summed E-state index contributed by atoms with van der Waals surface area (Å²) in [6, 6.07) is 27.0. The van der Waals surface area contributed by atoms with Gasteiger partial charge in [0.1, 0.15) is 5.75 Å². The number of hydrogen-bond donors (Lipinski definition) is 0. The van der Waals surface area contributed by atoms with Crippen molar-refractivity contribution in [3.8, 4) is 5.75 Å². The molecule has 2 aromatic heterocycles. The van der Waals surface area contributed by atoms with Crippen LogP contribution in [0, 0.1) is 10.1 Å². The molecule has 12 nitrogen and oxygen atoms in total. The van der Waals surface area contributed by atoms with E-state index in [1.807, 2.05) is 37.3 Å². The fourth-order valence-electron chi connectivity index (χ4n) is 6.17. The smallest absolute Gasteiger partial charge is 0.338 e. The molecule has 4 aromatic carbocycles. The van der Waals surface area contributed by atoms with Crippen molar-refractivity contribution in [1.29, 1.82) is 0 Å². The first kappa shape index (κ1) is 34.3. The molecule has 0 radical (unpaired) electrons. The van der Waals surface area contributed by atoms with E-state index in [0.29, 0.717) is 50.4 Å². The number of hydrogen-bond acceptors (Lipinski definition) is 10. The maximum Gasteiger partial charge on any atom is 0.338 e. The average molecular weight is 735 g/mol. The maximum atomic E-state index is 14.5. The van der Waals surface area contributed by atoms with E-state index in [2.05, 4.69) is 0 Å². The van der Waals surface area contributed by atoms with Crippen LogP contribution in [0.25, 0.3) is 22.7 Å². The second kappa shape index (κ2) is 13.9. The van der Waals surface area contributed by atoms with Gasteiger partial charge in [-0.05, 0) is 49.8 Å². The summed E-state index contributed by atoms with van der Waals surface area (Å²) < 4.78 is 41.7. The largest absolute Gasteiger partial charge is 0.494 e. The molecular weight excluding hydrogens is 705 g/mol. The quantitative estimate of drug-likeness (QED) is 0.103. The normalized spacial score (nSPS) is 14.6. The summed E-state index contributed by atoms with van der Waals surface area (Å²) in [6.45, 7) is 4.15. The van der Waals surface area contributed by atoms with Gasteiger partial charge < -0.3 is 9.47 Å². The number of benzene rings is 4. The number of fused-ring (bicyclic) bond motifs is 2. The number of nitrogens with zero attached hydrogens (tertiary/aromatic N) is 4. The van der Waals surface area contributed by atoms with Crippen molar-refractivity contribution in [2.24, 2.45) is 4.99 Å². The first-order valence-corrected chi connectivity index (χ1v) is 18.5. The molecule has 0 bridgehead atoms. The first-order valence-electron chi connectivity index (χ1n) is 16.2. The molecule has 6 aromatic rings. The Morgan fingerprint density at radius 2 is 1.69 bits per heavy atom. The molecular formula is C38H30N4O8S2. The molecule has 0 amide bonds. The molecule has 0 aliphatic carbocycles. The molecule has 0 fully saturated rings. The van der Waals surface area contributed by atoms with E-state index < -0.39 is 32.5 Å². The third-order valence-corrected chi connectivity index (χ3v) is 11.1. The minimum Gasteiger partial charge on any atom is -0.494 e. The second-order valence-corrected chi connectivity index (χ2v) is 14.4. The lowest BCUT2D eigenvalue weighted by Crippen LogP contribution is -2.40. The number of non-ortho nitro benzene ring substituents is 1. The monoisotopic (exact) mass is 734 g/mol. The van der Waals surface area contributed by atoms with Crippen LogP contribution in [0.2, 0.25) is 0 Å². The zero-order chi connectivity index (χ0) is 36.6. The molecule has 1 aliphatic heterocycles. The van der Waals surface area contributed by atoms with Crippen molar-refractivity contribution in [2.45, 2.75) is 24.8 Å². The number of para-hydroxylation sites is 1. The van der Waals surface area contributed by atoms with Crippen molar-refractivity contribution in [1.82, 2.24) is 8.54 Å². The average Bonchev–Trinajstić information content (AvgIpc) is 3.69. The molecule has 52 heavy (non-hydrogen) atoms. The Labute approximate surface area is 301 Å². The van der Waals surface area contributed by atoms with E-state index in [1.54, 1.807) is 61.5 Å². The van der Waals surface area contributed by atoms with Crippen LogP contribution in [-0.4, -0.2) is 41.1 Å². The molecule has 0 unspecified atom stereocenters. The fraction of sp³-hybridized carbons (Fsp3) is 0.132. The van der Waals surface area contributed by atoms with Gasteiger partial charge in [0.2, 0.25) is 0 Å². The molecule has 1 atom stereocenters. The lowest BCUT2D eigenvalue weighted by atomic mass is 9.93. The third-order valence-electron chi connectivity index (χ3n) is 8.46. The summed E-state index contributed by atoms with van der Waals surface area (Å²) in [5.74, 6) is 0.00717. The van der Waals surface area contributed by atoms with Crippen LogP contribution >= 0.6 is 11.3 Å². The van der Waals surface area contributed by atoms with Gasteiger partial charge >= 0.3 is 5.97 Å². The van der Waals surface area contributed by atoms with Crippen molar-refractivity contribution in [3.05, 3.63) is 161 Å². The lowest BCUT2D eigenvalue weighted by Gasteiger charge is -2.26. The van der Waals surface area contributed by atoms with Gasteiger partial charge in [-0.1, -0.05) is 78.1 Å². The summed E-state index contributed by atoms with van der Waals surface area (Å²) in [6.07, 6.45) is 2.98. The van der Waals surface area contributed by atoms with E-state index in [1.165, 1.54) is 29.0 Å². The standard InChI is InChI=1S/C38H30N4O8S2/c1-3-49-28-19-17-25(18-20-28)35-33(37(44)50-4-2)34(24-11-6-5-7-12-24)39-38-41(35)36(43)32(51-38)21-26-23-40(31-16-9-8-15-30(26)31)52(47,48)29-14-10-13-27(22-29)42(45)46/h5-23,35H,3-4H2,1-2H3/b32-21-/t35-/m0/s1. The number of nitro benzene ring substituents is 1. The van der Waals surface area contributed by atoms with Crippen LogP contribution in [0.3, 0.4) is 0 Å². The third kappa shape index (κ3) is 6.11. The number of thiazole rings is 1. The van der Waals surface area contributed by atoms with Crippen molar-refractivity contribution in [3.63, 3.8) is 0 Å². The molecule has 3 heterocycles. The molecule has 7 rings (SSSR count). The molecule has 0 spiro atoms. The Morgan fingerprint density at radius 3 is 2.40 bits per heavy atom. The highest BCUT2D eigenvalue weighted by molar-refractivity contribution is 7.90. The van der Waals surface area contributed by atoms with Crippen LogP contribution in [0.5, 0.6) is 5.75 Å². The van der Waals surface area contributed by atoms with Gasteiger partial charge in [0.05, 0.1) is 50.4 Å². The predicted octanol–water partition coefficient (Wildman–Crippen LogP) is 5.43. The number of rotatable bonds is 10. The van der Waals surface area contributed by atoms with E-state index >= 15 is 0 Å². The number of aromatic nitrogens is 2. The number of ether oxygens (including phenoxy) is 2. The summed E-state index contributed by atoms with van der Waals surface area (Å²) in [4.78, 5) is 44.0. The molecule has 14 heteroatoms. The molecule has 0 N–H and O–H groups in total. The van der Waals surface area contributed by atoms with E-state index in [-0.39, 0.29) is 27.3 Å². The van der Waals surface area contributed by atoms with Gasteiger partial charge in [-0.3, -0.25) is 19.5 Å². The zero-order valence-corrected chi connectivity index (χ0v) is 29.5. The lowest BCUT2D eigenvalue weighted by molar-refractivity contribution is -0.385. The number of nitro groups is 1. The van der Waals surface area contributed by atoms with Gasteiger partial charge in [-0.2, -0.15) is 0 Å². The van der Waals surface area contributed by atoms with Gasteiger partial charge in [0.25, 0.3) is 21.3 Å². The number of esters is 1. The van der Waals surface area contributed by atoms with Crippen LogP contribution in [0.1, 0.15) is 36.6 Å². The highest BCUT2D eigenvalue weighted by Gasteiger charge is 2.35. The van der Waals surface area contributed by atoms with Gasteiger partial charge in [-0.15, -0.1) is 0 Å². The van der Waals surface area contributed by atoms with Crippen LogP contribution in [0.15, 0.2) is 130 Å². The molecule has 0 saturated heterocycles. The van der Waals surface area contributed by atoms with Gasteiger partial charge in [0.15, 0.2) is 4.80 Å². The van der Waals surface area contributed by atoms with Crippen LogP contribution < -0.4 is 19.6 Å². The highest BCUT2D eigenvalue weighted by atomic mass is 32.2. The van der Waals surface area contributed by atoms with Crippen molar-refractivity contribution < 1.29 is 27.6 Å². The van der Waals surface area contributed by atoms with E-state index in [4.69, 9.17) is 14.5 Å². The van der Waals surface area contributed by atoms with Crippen molar-refractivity contribution >= 4 is 55.7 Å².